The Balaban J connectivity index is 1.24. The summed E-state index contributed by atoms with van der Waals surface area (Å²) in [6.07, 6.45) is 10.6. The number of rotatable bonds is 10. The van der Waals surface area contributed by atoms with Crippen molar-refractivity contribution in [3.63, 3.8) is 0 Å². The van der Waals surface area contributed by atoms with Gasteiger partial charge in [-0.1, -0.05) is 0 Å². The number of thioether (sulfide) groups is 1. The van der Waals surface area contributed by atoms with Gasteiger partial charge in [0.05, 0.1) is 29.4 Å². The van der Waals surface area contributed by atoms with Crippen molar-refractivity contribution in [2.75, 3.05) is 37.8 Å². The van der Waals surface area contributed by atoms with E-state index < -0.39 is 12.8 Å². The summed E-state index contributed by atoms with van der Waals surface area (Å²) in [5.41, 5.74) is 1.66. The normalized spacial score (nSPS) is 18.5. The molecule has 1 aromatic carbocycles. The molecule has 2 N–H and O–H groups in total. The lowest BCUT2D eigenvalue weighted by atomic mass is 9.95. The zero-order valence-electron chi connectivity index (χ0n) is 25.3. The molecule has 2 saturated heterocycles. The van der Waals surface area contributed by atoms with E-state index in [1.54, 1.807) is 36.8 Å². The Morgan fingerprint density at radius 2 is 2.09 bits per heavy atom. The van der Waals surface area contributed by atoms with Gasteiger partial charge in [0.25, 0.3) is 0 Å². The van der Waals surface area contributed by atoms with Crippen molar-refractivity contribution in [2.45, 2.75) is 56.0 Å². The van der Waals surface area contributed by atoms with Gasteiger partial charge in [-0.3, -0.25) is 14.4 Å². The number of halogens is 2. The summed E-state index contributed by atoms with van der Waals surface area (Å²) in [4.78, 5) is 22.8. The molecule has 0 bridgehead atoms. The average molecular weight is 652 g/mol. The average Bonchev–Trinajstić information content (AvgIpc) is 3.68. The molecule has 5 heterocycles. The standard InChI is InChI=1S/C31H35F2N9O3S/c1-46-22-5-6-26(45-31(32)33)23(14-22)28-25(37-30(44)24-16-36-42-11-3-9-35-29(24)42)18-41(38-28)19-27(43)39-12-7-21(8-13-39)40-10-2-4-20(15-34)17-40/h3,5-6,9,11,14,16,18,20-21,30-31,37,44H,2,4,7-8,10,12-13,17,19H2,1H3. The Morgan fingerprint density at radius 1 is 1.26 bits per heavy atom. The second kappa shape index (κ2) is 14.0. The number of likely N-dealkylation sites (tertiary alicyclic amines) is 2. The number of piperidine rings is 2. The number of hydrogen-bond acceptors (Lipinski definition) is 10. The van der Waals surface area contributed by atoms with Crippen molar-refractivity contribution in [1.82, 2.24) is 34.2 Å². The van der Waals surface area contributed by atoms with Crippen molar-refractivity contribution in [2.24, 2.45) is 5.92 Å². The molecule has 2 fully saturated rings. The summed E-state index contributed by atoms with van der Waals surface area (Å²) >= 11 is 1.43. The molecule has 15 heteroatoms. The minimum Gasteiger partial charge on any atom is -0.434 e. The Hall–Kier alpha value is -4.26. The van der Waals surface area contributed by atoms with Gasteiger partial charge in [0.15, 0.2) is 11.9 Å². The van der Waals surface area contributed by atoms with E-state index >= 15 is 0 Å². The van der Waals surface area contributed by atoms with Gasteiger partial charge in [-0.15, -0.1) is 11.8 Å². The summed E-state index contributed by atoms with van der Waals surface area (Å²) in [6.45, 7) is -0.186. The summed E-state index contributed by atoms with van der Waals surface area (Å²) in [5, 5.41) is 32.5. The Kier molecular flexibility index (Phi) is 9.67. The van der Waals surface area contributed by atoms with E-state index in [1.165, 1.54) is 33.2 Å². The van der Waals surface area contributed by atoms with Gasteiger partial charge in [0.2, 0.25) is 5.91 Å². The number of hydrogen-bond donors (Lipinski definition) is 2. The fourth-order valence-corrected chi connectivity index (χ4v) is 6.69. The highest BCUT2D eigenvalue weighted by Gasteiger charge is 2.31. The summed E-state index contributed by atoms with van der Waals surface area (Å²) < 4.78 is 34.7. The molecule has 2 aliphatic heterocycles. The van der Waals surface area contributed by atoms with E-state index in [2.05, 4.69) is 31.5 Å². The first-order valence-electron chi connectivity index (χ1n) is 15.2. The van der Waals surface area contributed by atoms with E-state index in [1.807, 2.05) is 11.2 Å². The quantitative estimate of drug-likeness (QED) is 0.189. The molecule has 4 aromatic rings. The minimum absolute atomic E-state index is 0.0658. The number of benzene rings is 1. The largest absolute Gasteiger partial charge is 0.434 e. The smallest absolute Gasteiger partial charge is 0.387 e. The Morgan fingerprint density at radius 3 is 2.85 bits per heavy atom. The number of aliphatic hydroxyl groups is 1. The molecular weight excluding hydrogens is 616 g/mol. The van der Waals surface area contributed by atoms with Crippen LogP contribution in [0, 0.1) is 17.2 Å². The van der Waals surface area contributed by atoms with E-state index in [-0.39, 0.29) is 35.4 Å². The van der Waals surface area contributed by atoms with Crippen LogP contribution in [0.2, 0.25) is 0 Å². The molecule has 2 aliphatic rings. The van der Waals surface area contributed by atoms with Crippen LogP contribution in [0.4, 0.5) is 14.5 Å². The van der Waals surface area contributed by atoms with E-state index in [9.17, 15) is 23.9 Å². The summed E-state index contributed by atoms with van der Waals surface area (Å²) in [5.74, 6) is -0.143. The summed E-state index contributed by atoms with van der Waals surface area (Å²) in [7, 11) is 0. The van der Waals surface area contributed by atoms with Crippen LogP contribution in [0.5, 0.6) is 5.75 Å². The number of ether oxygens (including phenoxy) is 1. The van der Waals surface area contributed by atoms with Crippen molar-refractivity contribution in [1.29, 1.82) is 5.26 Å². The molecule has 2 atom stereocenters. The van der Waals surface area contributed by atoms with Crippen molar-refractivity contribution >= 4 is 29.0 Å². The first kappa shape index (κ1) is 31.7. The number of nitrogens with one attached hydrogen (secondary N) is 1. The number of aliphatic hydroxyl groups excluding tert-OH is 1. The predicted octanol–water partition coefficient (Wildman–Crippen LogP) is 4.25. The fourth-order valence-electron chi connectivity index (χ4n) is 6.25. The number of carbonyl (C=O) groups excluding carboxylic acids is 1. The molecule has 12 nitrogen and oxygen atoms in total. The number of amides is 1. The van der Waals surface area contributed by atoms with Gasteiger partial charge >= 0.3 is 6.61 Å². The molecule has 2 unspecified atom stereocenters. The lowest BCUT2D eigenvalue weighted by molar-refractivity contribution is -0.133. The van der Waals surface area contributed by atoms with Crippen LogP contribution in [0.3, 0.4) is 0 Å². The van der Waals surface area contributed by atoms with Crippen molar-refractivity contribution in [3.05, 3.63) is 54.6 Å². The molecule has 6 rings (SSSR count). The molecule has 0 radical (unpaired) electrons. The second-order valence-corrected chi connectivity index (χ2v) is 12.3. The third-order valence-corrected chi connectivity index (χ3v) is 9.30. The third-order valence-electron chi connectivity index (χ3n) is 8.58. The van der Waals surface area contributed by atoms with Crippen LogP contribution in [0.1, 0.15) is 37.5 Å². The highest BCUT2D eigenvalue weighted by molar-refractivity contribution is 7.98. The van der Waals surface area contributed by atoms with Crippen LogP contribution in [0.25, 0.3) is 16.9 Å². The van der Waals surface area contributed by atoms with Gasteiger partial charge in [-0.05, 0) is 62.7 Å². The Bertz CT molecular complexity index is 1720. The molecule has 0 saturated carbocycles. The molecule has 242 valence electrons. The number of anilines is 1. The van der Waals surface area contributed by atoms with Crippen molar-refractivity contribution < 1.29 is 23.4 Å². The number of fused-ring (bicyclic) bond motifs is 1. The van der Waals surface area contributed by atoms with Crippen molar-refractivity contribution in [3.8, 4) is 23.1 Å². The van der Waals surface area contributed by atoms with Crippen LogP contribution < -0.4 is 10.1 Å². The number of carbonyl (C=O) groups is 1. The van der Waals surface area contributed by atoms with Gasteiger partial charge in [-0.2, -0.15) is 24.2 Å². The highest BCUT2D eigenvalue weighted by atomic mass is 32.2. The number of alkyl halides is 2. The first-order valence-corrected chi connectivity index (χ1v) is 16.4. The third kappa shape index (κ3) is 6.93. The molecule has 0 aliphatic carbocycles. The zero-order chi connectivity index (χ0) is 32.2. The summed E-state index contributed by atoms with van der Waals surface area (Å²) in [6, 6.07) is 9.28. The maximum Gasteiger partial charge on any atom is 0.387 e. The van der Waals surface area contributed by atoms with Gasteiger partial charge in [0.1, 0.15) is 18.0 Å². The highest BCUT2D eigenvalue weighted by Crippen LogP contribution is 2.38. The lowest BCUT2D eigenvalue weighted by Crippen LogP contribution is -2.50. The van der Waals surface area contributed by atoms with Gasteiger partial charge < -0.3 is 20.1 Å². The van der Waals surface area contributed by atoms with Crippen LogP contribution >= 0.6 is 11.8 Å². The first-order chi connectivity index (χ1) is 22.3. The molecular formula is C31H35F2N9O3S. The van der Waals surface area contributed by atoms with E-state index in [0.29, 0.717) is 36.0 Å². The zero-order valence-corrected chi connectivity index (χ0v) is 26.1. The fraction of sp³-hybridized carbons (Fsp3) is 0.452. The number of nitrogens with zero attached hydrogens (tertiary/aromatic N) is 8. The van der Waals surface area contributed by atoms with Gasteiger partial charge in [-0.25, -0.2) is 9.50 Å². The molecule has 3 aromatic heterocycles. The number of aromatic nitrogens is 5. The topological polar surface area (TPSA) is 137 Å². The predicted molar refractivity (Wildman–Crippen MR) is 167 cm³/mol. The number of nitriles is 1. The molecule has 46 heavy (non-hydrogen) atoms. The van der Waals surface area contributed by atoms with Crippen LogP contribution in [-0.4, -0.2) is 90.3 Å². The van der Waals surface area contributed by atoms with E-state index in [4.69, 9.17) is 4.74 Å². The lowest BCUT2D eigenvalue weighted by Gasteiger charge is -2.41. The van der Waals surface area contributed by atoms with Crippen LogP contribution in [0.15, 0.2) is 53.9 Å². The Labute approximate surface area is 268 Å². The second-order valence-electron chi connectivity index (χ2n) is 11.4. The maximum absolute atomic E-state index is 13.5. The minimum atomic E-state index is -3.06. The van der Waals surface area contributed by atoms with Gasteiger partial charge in [0, 0.05) is 54.7 Å². The molecule has 0 spiro atoms. The van der Waals surface area contributed by atoms with Crippen LogP contribution in [-0.2, 0) is 11.3 Å². The van der Waals surface area contributed by atoms with E-state index in [0.717, 1.165) is 43.7 Å². The molecule has 1 amide bonds. The SMILES string of the molecule is CSc1ccc(OC(F)F)c(-c2nn(CC(=O)N3CCC(N4CCCC(C#N)C4)CC3)cc2NC(O)c2cnn3cccnc23)c1. The maximum atomic E-state index is 13.5. The monoisotopic (exact) mass is 651 g/mol.